The smallest absolute Gasteiger partial charge is 0.337 e. The molecular formula is C12H12BrNO4. The molecule has 5 nitrogen and oxygen atoms in total. The summed E-state index contributed by atoms with van der Waals surface area (Å²) in [5.74, 6) is -0.788. The zero-order chi connectivity index (χ0) is 13.3. The maximum absolute atomic E-state index is 11.9. The van der Waals surface area contributed by atoms with Crippen molar-refractivity contribution in [1.82, 2.24) is 0 Å². The van der Waals surface area contributed by atoms with Gasteiger partial charge in [0.05, 0.1) is 12.7 Å². The number of hydrogen-bond acceptors (Lipinski definition) is 3. The molecular weight excluding hydrogens is 302 g/mol. The number of amides is 1. The number of para-hydroxylation sites is 1. The molecule has 1 aliphatic heterocycles. The van der Waals surface area contributed by atoms with Crippen molar-refractivity contribution in [1.29, 1.82) is 0 Å². The van der Waals surface area contributed by atoms with E-state index in [1.54, 1.807) is 12.1 Å². The fourth-order valence-corrected chi connectivity index (χ4v) is 2.58. The SMILES string of the molecule is COc1cccc(C(=O)O)c1N1CC(Br)CC1=O. The number of hydrogen-bond donors (Lipinski definition) is 1. The summed E-state index contributed by atoms with van der Waals surface area (Å²) in [5, 5.41) is 9.19. The number of rotatable bonds is 3. The molecule has 2 rings (SSSR count). The van der Waals surface area contributed by atoms with Crippen molar-refractivity contribution in [3.63, 3.8) is 0 Å². The van der Waals surface area contributed by atoms with E-state index in [-0.39, 0.29) is 16.3 Å². The van der Waals surface area contributed by atoms with E-state index in [9.17, 15) is 14.7 Å². The molecule has 0 radical (unpaired) electrons. The maximum atomic E-state index is 11.9. The quantitative estimate of drug-likeness (QED) is 0.865. The lowest BCUT2D eigenvalue weighted by Gasteiger charge is -2.21. The number of alkyl halides is 1. The highest BCUT2D eigenvalue weighted by Gasteiger charge is 2.33. The largest absolute Gasteiger partial charge is 0.495 e. The number of carbonyl (C=O) groups excluding carboxylic acids is 1. The Balaban J connectivity index is 2.54. The molecule has 0 aliphatic carbocycles. The fourth-order valence-electron chi connectivity index (χ4n) is 2.02. The van der Waals surface area contributed by atoms with Crippen molar-refractivity contribution in [2.24, 2.45) is 0 Å². The molecule has 1 amide bonds. The van der Waals surface area contributed by atoms with Crippen LogP contribution >= 0.6 is 15.9 Å². The van der Waals surface area contributed by atoms with E-state index in [2.05, 4.69) is 15.9 Å². The van der Waals surface area contributed by atoms with Crippen LogP contribution in [-0.2, 0) is 4.79 Å². The molecule has 1 aromatic rings. The molecule has 1 heterocycles. The number of ether oxygens (including phenoxy) is 1. The minimum absolute atomic E-state index is 0.0385. The Hall–Kier alpha value is -1.56. The molecule has 1 unspecified atom stereocenters. The molecule has 1 fully saturated rings. The highest BCUT2D eigenvalue weighted by molar-refractivity contribution is 9.09. The van der Waals surface area contributed by atoms with Gasteiger partial charge in [0.2, 0.25) is 5.91 Å². The van der Waals surface area contributed by atoms with E-state index < -0.39 is 5.97 Å². The van der Waals surface area contributed by atoms with Crippen LogP contribution in [0.5, 0.6) is 5.75 Å². The van der Waals surface area contributed by atoms with Crippen molar-refractivity contribution in [3.05, 3.63) is 23.8 Å². The number of aromatic carboxylic acids is 1. The van der Waals surface area contributed by atoms with Gasteiger partial charge in [-0.05, 0) is 12.1 Å². The highest BCUT2D eigenvalue weighted by atomic mass is 79.9. The lowest BCUT2D eigenvalue weighted by molar-refractivity contribution is -0.117. The van der Waals surface area contributed by atoms with Crippen LogP contribution in [0.3, 0.4) is 0 Å². The van der Waals surface area contributed by atoms with Crippen molar-refractivity contribution in [2.75, 3.05) is 18.6 Å². The molecule has 1 aliphatic rings. The molecule has 18 heavy (non-hydrogen) atoms. The molecule has 0 saturated carbocycles. The molecule has 1 saturated heterocycles. The number of anilines is 1. The first kappa shape index (κ1) is 12.9. The van der Waals surface area contributed by atoms with Gasteiger partial charge in [0.1, 0.15) is 11.4 Å². The first-order valence-corrected chi connectivity index (χ1v) is 6.31. The van der Waals surface area contributed by atoms with Crippen molar-refractivity contribution in [2.45, 2.75) is 11.2 Å². The van der Waals surface area contributed by atoms with Crippen molar-refractivity contribution in [3.8, 4) is 5.75 Å². The molecule has 6 heteroatoms. The second-order valence-electron chi connectivity index (χ2n) is 3.97. The third-order valence-electron chi connectivity index (χ3n) is 2.80. The Kier molecular flexibility index (Phi) is 3.56. The van der Waals surface area contributed by atoms with Crippen LogP contribution in [0.4, 0.5) is 5.69 Å². The summed E-state index contributed by atoms with van der Waals surface area (Å²) < 4.78 is 5.16. The van der Waals surface area contributed by atoms with Gasteiger partial charge in [0.25, 0.3) is 0 Å². The van der Waals surface area contributed by atoms with E-state index >= 15 is 0 Å². The summed E-state index contributed by atoms with van der Waals surface area (Å²) in [6.45, 7) is 0.444. The summed E-state index contributed by atoms with van der Waals surface area (Å²) >= 11 is 3.37. The summed E-state index contributed by atoms with van der Waals surface area (Å²) in [5.41, 5.74) is 0.406. The van der Waals surface area contributed by atoms with Crippen molar-refractivity contribution >= 4 is 33.5 Å². The van der Waals surface area contributed by atoms with Gasteiger partial charge >= 0.3 is 5.97 Å². The van der Waals surface area contributed by atoms with Crippen LogP contribution < -0.4 is 9.64 Å². The third-order valence-corrected chi connectivity index (χ3v) is 3.41. The van der Waals surface area contributed by atoms with Gasteiger partial charge in [-0.2, -0.15) is 0 Å². The standard InChI is InChI=1S/C12H12BrNO4/c1-18-9-4-2-3-8(12(16)17)11(9)14-6-7(13)5-10(14)15/h2-4,7H,5-6H2,1H3,(H,16,17). The van der Waals surface area contributed by atoms with Crippen LogP contribution in [0.25, 0.3) is 0 Å². The Morgan fingerprint density at radius 3 is 2.78 bits per heavy atom. The lowest BCUT2D eigenvalue weighted by Crippen LogP contribution is -2.27. The third kappa shape index (κ3) is 2.20. The molecule has 96 valence electrons. The normalized spacial score (nSPS) is 19.1. The topological polar surface area (TPSA) is 66.8 Å². The predicted octanol–water partition coefficient (Wildman–Crippen LogP) is 1.89. The van der Waals surface area contributed by atoms with E-state index in [1.165, 1.54) is 18.1 Å². The van der Waals surface area contributed by atoms with E-state index in [1.807, 2.05) is 0 Å². The lowest BCUT2D eigenvalue weighted by atomic mass is 10.1. The van der Waals surface area contributed by atoms with Gasteiger partial charge in [-0.25, -0.2) is 4.79 Å². The molecule has 0 spiro atoms. The number of benzene rings is 1. The van der Waals surface area contributed by atoms with Gasteiger partial charge in [0, 0.05) is 17.8 Å². The van der Waals surface area contributed by atoms with Crippen LogP contribution in [0.15, 0.2) is 18.2 Å². The molecule has 1 atom stereocenters. The fraction of sp³-hybridized carbons (Fsp3) is 0.333. The zero-order valence-corrected chi connectivity index (χ0v) is 11.3. The van der Waals surface area contributed by atoms with Crippen LogP contribution in [-0.4, -0.2) is 35.5 Å². The number of carboxylic acids is 1. The number of carbonyl (C=O) groups is 2. The Bertz CT molecular complexity index is 503. The molecule has 1 N–H and O–H groups in total. The first-order chi connectivity index (χ1) is 8.54. The van der Waals surface area contributed by atoms with Crippen LogP contribution in [0, 0.1) is 0 Å². The Morgan fingerprint density at radius 1 is 1.56 bits per heavy atom. The summed E-state index contributed by atoms with van der Waals surface area (Å²) in [6, 6.07) is 4.71. The molecule has 0 aromatic heterocycles. The monoisotopic (exact) mass is 313 g/mol. The Labute approximate surface area is 112 Å². The number of carboxylic acid groups (broad SMARTS) is 1. The van der Waals surface area contributed by atoms with E-state index in [0.29, 0.717) is 24.4 Å². The predicted molar refractivity (Wildman–Crippen MR) is 69.6 cm³/mol. The van der Waals surface area contributed by atoms with Gasteiger partial charge < -0.3 is 14.7 Å². The van der Waals surface area contributed by atoms with Gasteiger partial charge in [0.15, 0.2) is 0 Å². The van der Waals surface area contributed by atoms with Crippen molar-refractivity contribution < 1.29 is 19.4 Å². The molecule has 0 bridgehead atoms. The highest BCUT2D eigenvalue weighted by Crippen LogP contribution is 2.36. The zero-order valence-electron chi connectivity index (χ0n) is 9.72. The van der Waals surface area contributed by atoms with Crippen LogP contribution in [0.1, 0.15) is 16.8 Å². The second-order valence-corrected chi connectivity index (χ2v) is 5.26. The van der Waals surface area contributed by atoms with Gasteiger partial charge in [-0.3, -0.25) is 4.79 Å². The minimum atomic E-state index is -1.07. The number of nitrogens with zero attached hydrogens (tertiary/aromatic N) is 1. The first-order valence-electron chi connectivity index (χ1n) is 5.39. The van der Waals surface area contributed by atoms with E-state index in [4.69, 9.17) is 4.74 Å². The Morgan fingerprint density at radius 2 is 2.28 bits per heavy atom. The number of halogens is 1. The van der Waals surface area contributed by atoms with E-state index in [0.717, 1.165) is 0 Å². The summed E-state index contributed by atoms with van der Waals surface area (Å²) in [6.07, 6.45) is 0.358. The minimum Gasteiger partial charge on any atom is -0.495 e. The average Bonchev–Trinajstić information content (AvgIpc) is 2.67. The maximum Gasteiger partial charge on any atom is 0.337 e. The van der Waals surface area contributed by atoms with Crippen LogP contribution in [0.2, 0.25) is 0 Å². The number of methoxy groups -OCH3 is 1. The average molecular weight is 314 g/mol. The van der Waals surface area contributed by atoms with Gasteiger partial charge in [-0.1, -0.05) is 22.0 Å². The summed E-state index contributed by atoms with van der Waals surface area (Å²) in [7, 11) is 1.45. The van der Waals surface area contributed by atoms with Gasteiger partial charge in [-0.15, -0.1) is 0 Å². The second kappa shape index (κ2) is 4.97. The molecule has 1 aromatic carbocycles. The summed E-state index contributed by atoms with van der Waals surface area (Å²) in [4.78, 5) is 24.6.